The molecule has 0 aliphatic heterocycles. The predicted octanol–water partition coefficient (Wildman–Crippen LogP) is 20.1. The van der Waals surface area contributed by atoms with Crippen LogP contribution in [-0.2, 0) is 28.6 Å². The van der Waals surface area contributed by atoms with Gasteiger partial charge in [-0.05, 0) is 116 Å². The maximum absolute atomic E-state index is 12.9. The van der Waals surface area contributed by atoms with Crippen molar-refractivity contribution in [1.29, 1.82) is 0 Å². The van der Waals surface area contributed by atoms with Crippen LogP contribution in [0.1, 0.15) is 278 Å². The first-order chi connectivity index (χ1) is 35.0. The number of esters is 3. The van der Waals surface area contributed by atoms with Crippen LogP contribution in [0.15, 0.2) is 97.2 Å². The van der Waals surface area contributed by atoms with Crippen LogP contribution in [0.2, 0.25) is 0 Å². The minimum atomic E-state index is -0.795. The monoisotopic (exact) mass is 987 g/mol. The summed E-state index contributed by atoms with van der Waals surface area (Å²) in [5.74, 6) is -0.924. The van der Waals surface area contributed by atoms with Crippen LogP contribution >= 0.6 is 0 Å². The van der Waals surface area contributed by atoms with Crippen LogP contribution in [0.4, 0.5) is 0 Å². The number of hydrogen-bond acceptors (Lipinski definition) is 6. The Balaban J connectivity index is 4.36. The highest BCUT2D eigenvalue weighted by molar-refractivity contribution is 5.71. The van der Waals surface area contributed by atoms with E-state index in [1.807, 2.05) is 0 Å². The number of unbranched alkanes of at least 4 members (excludes halogenated alkanes) is 26. The minimum absolute atomic E-state index is 0.0908. The smallest absolute Gasteiger partial charge is 0.306 e. The third kappa shape index (κ3) is 57.1. The topological polar surface area (TPSA) is 78.9 Å². The van der Waals surface area contributed by atoms with Crippen molar-refractivity contribution in [3.05, 3.63) is 97.2 Å². The molecule has 0 bridgehead atoms. The zero-order valence-electron chi connectivity index (χ0n) is 46.5. The summed E-state index contributed by atoms with van der Waals surface area (Å²) >= 11 is 0. The lowest BCUT2D eigenvalue weighted by molar-refractivity contribution is -0.167. The van der Waals surface area contributed by atoms with Gasteiger partial charge < -0.3 is 14.2 Å². The van der Waals surface area contributed by atoms with Crippen molar-refractivity contribution in [2.45, 2.75) is 284 Å². The van der Waals surface area contributed by atoms with Crippen molar-refractivity contribution < 1.29 is 28.6 Å². The molecule has 0 spiro atoms. The molecule has 0 rings (SSSR count). The van der Waals surface area contributed by atoms with E-state index in [0.29, 0.717) is 19.3 Å². The molecule has 0 aromatic carbocycles. The highest BCUT2D eigenvalue weighted by Gasteiger charge is 2.19. The van der Waals surface area contributed by atoms with E-state index in [0.717, 1.165) is 109 Å². The molecule has 71 heavy (non-hydrogen) atoms. The van der Waals surface area contributed by atoms with E-state index in [9.17, 15) is 14.4 Å². The average Bonchev–Trinajstić information content (AvgIpc) is 3.37. The van der Waals surface area contributed by atoms with Crippen molar-refractivity contribution in [2.24, 2.45) is 0 Å². The van der Waals surface area contributed by atoms with E-state index in [4.69, 9.17) is 14.2 Å². The van der Waals surface area contributed by atoms with E-state index in [2.05, 4.69) is 118 Å². The number of carbonyl (C=O) groups excluding carboxylic acids is 3. The standard InChI is InChI=1S/C65H110O6/c1-4-7-10-13-16-19-22-25-27-29-30-31-32-33-34-36-37-40-43-46-49-52-55-58-64(67)70-61-62(60-69-63(66)57-54-51-48-45-42-39-24-21-18-15-12-9-6-3)71-65(68)59-56-53-50-47-44-41-38-35-28-26-23-20-17-14-11-8-5-2/h7,9-10,12,16,18-19,21,25-28,30-31,39,42,62H,4-6,8,11,13-15,17,20,22-24,29,32-38,40-41,43-61H2,1-3H3/b10-7-,12-9-,19-16-,21-18-,27-25-,28-26-,31-30-,42-39-. The van der Waals surface area contributed by atoms with Crippen molar-refractivity contribution >= 4 is 17.9 Å². The van der Waals surface area contributed by atoms with Gasteiger partial charge in [0.05, 0.1) is 0 Å². The first-order valence-corrected chi connectivity index (χ1v) is 29.7. The van der Waals surface area contributed by atoms with Crippen molar-refractivity contribution in [3.63, 3.8) is 0 Å². The molecule has 6 nitrogen and oxygen atoms in total. The molecule has 0 fully saturated rings. The first kappa shape index (κ1) is 67.3. The minimum Gasteiger partial charge on any atom is -0.462 e. The van der Waals surface area contributed by atoms with E-state index >= 15 is 0 Å². The molecule has 0 amide bonds. The van der Waals surface area contributed by atoms with Gasteiger partial charge in [0.15, 0.2) is 6.10 Å². The van der Waals surface area contributed by atoms with Gasteiger partial charge in [-0.15, -0.1) is 0 Å². The van der Waals surface area contributed by atoms with Gasteiger partial charge in [-0.3, -0.25) is 14.4 Å². The fourth-order valence-corrected chi connectivity index (χ4v) is 8.15. The SMILES string of the molecule is CC/C=C\C/C=C\C/C=C\C/C=C\CCCCCCCCCCCCC(=O)OCC(COC(=O)CCCCC/C=C\C/C=C\C/C=C\CC)OC(=O)CCCCCCCCC/C=C\CCCCCCCC. The summed E-state index contributed by atoms with van der Waals surface area (Å²) in [7, 11) is 0. The Labute approximate surface area is 438 Å². The van der Waals surface area contributed by atoms with Crippen LogP contribution in [0.3, 0.4) is 0 Å². The average molecular weight is 988 g/mol. The number of carbonyl (C=O) groups is 3. The zero-order valence-corrected chi connectivity index (χ0v) is 46.5. The van der Waals surface area contributed by atoms with E-state index < -0.39 is 6.10 Å². The van der Waals surface area contributed by atoms with Gasteiger partial charge in [0.1, 0.15) is 13.2 Å². The van der Waals surface area contributed by atoms with Crippen LogP contribution in [0, 0.1) is 0 Å². The molecule has 0 aromatic heterocycles. The fraction of sp³-hybridized carbons (Fsp3) is 0.708. The Morgan fingerprint density at radius 3 is 0.887 bits per heavy atom. The number of allylic oxidation sites excluding steroid dienone is 16. The molecule has 0 saturated carbocycles. The second-order valence-electron chi connectivity index (χ2n) is 19.5. The second kappa shape index (κ2) is 58.9. The summed E-state index contributed by atoms with van der Waals surface area (Å²) in [4.78, 5) is 38.2. The third-order valence-electron chi connectivity index (χ3n) is 12.6. The summed E-state index contributed by atoms with van der Waals surface area (Å²) in [6, 6.07) is 0. The molecule has 6 heteroatoms. The molecule has 0 aromatic rings. The highest BCUT2D eigenvalue weighted by Crippen LogP contribution is 2.15. The normalized spacial score (nSPS) is 12.8. The van der Waals surface area contributed by atoms with Crippen molar-refractivity contribution in [2.75, 3.05) is 13.2 Å². The Kier molecular flexibility index (Phi) is 55.9. The lowest BCUT2D eigenvalue weighted by Gasteiger charge is -2.18. The number of ether oxygens (including phenoxy) is 3. The van der Waals surface area contributed by atoms with Gasteiger partial charge in [0, 0.05) is 19.3 Å². The predicted molar refractivity (Wildman–Crippen MR) is 307 cm³/mol. The van der Waals surface area contributed by atoms with Gasteiger partial charge in [-0.1, -0.05) is 240 Å². The molecular weight excluding hydrogens is 877 g/mol. The summed E-state index contributed by atoms with van der Waals surface area (Å²) in [6.07, 6.45) is 78.3. The largest absolute Gasteiger partial charge is 0.462 e. The van der Waals surface area contributed by atoms with Crippen LogP contribution in [-0.4, -0.2) is 37.2 Å². The quantitative estimate of drug-likeness (QED) is 0.0261. The number of rotatable bonds is 53. The molecule has 0 aliphatic carbocycles. The molecule has 406 valence electrons. The molecule has 0 heterocycles. The first-order valence-electron chi connectivity index (χ1n) is 29.7. The second-order valence-corrected chi connectivity index (χ2v) is 19.5. The lowest BCUT2D eigenvalue weighted by Crippen LogP contribution is -2.30. The Morgan fingerprint density at radius 1 is 0.296 bits per heavy atom. The summed E-state index contributed by atoms with van der Waals surface area (Å²) in [6.45, 7) is 6.39. The molecule has 1 atom stereocenters. The van der Waals surface area contributed by atoms with E-state index in [-0.39, 0.29) is 31.1 Å². The van der Waals surface area contributed by atoms with E-state index in [1.54, 1.807) is 0 Å². The van der Waals surface area contributed by atoms with Crippen LogP contribution in [0.5, 0.6) is 0 Å². The Morgan fingerprint density at radius 2 is 0.549 bits per heavy atom. The molecule has 1 unspecified atom stereocenters. The van der Waals surface area contributed by atoms with Crippen molar-refractivity contribution in [3.8, 4) is 0 Å². The zero-order chi connectivity index (χ0) is 51.4. The Bertz CT molecular complexity index is 1410. The molecule has 0 radical (unpaired) electrons. The van der Waals surface area contributed by atoms with Gasteiger partial charge in [0.25, 0.3) is 0 Å². The van der Waals surface area contributed by atoms with Gasteiger partial charge in [0.2, 0.25) is 0 Å². The van der Waals surface area contributed by atoms with Gasteiger partial charge in [-0.25, -0.2) is 0 Å². The Hall–Kier alpha value is -3.67. The third-order valence-corrected chi connectivity index (χ3v) is 12.6. The van der Waals surface area contributed by atoms with Crippen LogP contribution < -0.4 is 0 Å². The highest BCUT2D eigenvalue weighted by atomic mass is 16.6. The van der Waals surface area contributed by atoms with Gasteiger partial charge >= 0.3 is 17.9 Å². The van der Waals surface area contributed by atoms with Gasteiger partial charge in [-0.2, -0.15) is 0 Å². The van der Waals surface area contributed by atoms with E-state index in [1.165, 1.54) is 128 Å². The molecule has 0 N–H and O–H groups in total. The fourth-order valence-electron chi connectivity index (χ4n) is 8.15. The number of hydrogen-bond donors (Lipinski definition) is 0. The van der Waals surface area contributed by atoms with Crippen LogP contribution in [0.25, 0.3) is 0 Å². The lowest BCUT2D eigenvalue weighted by atomic mass is 10.1. The summed E-state index contributed by atoms with van der Waals surface area (Å²) < 4.78 is 16.9. The maximum Gasteiger partial charge on any atom is 0.306 e. The van der Waals surface area contributed by atoms with Crippen molar-refractivity contribution in [1.82, 2.24) is 0 Å². The molecular formula is C65H110O6. The summed E-state index contributed by atoms with van der Waals surface area (Å²) in [5, 5.41) is 0. The molecule has 0 aliphatic rings. The summed E-state index contributed by atoms with van der Waals surface area (Å²) in [5.41, 5.74) is 0. The maximum atomic E-state index is 12.9. The molecule has 0 saturated heterocycles.